The first-order chi connectivity index (χ1) is 10.8. The molecule has 0 saturated carbocycles. The molecule has 3 rings (SSSR count). The molecule has 2 heterocycles. The van der Waals surface area contributed by atoms with E-state index in [2.05, 4.69) is 33.4 Å². The van der Waals surface area contributed by atoms with E-state index in [1.165, 1.54) is 12.0 Å². The van der Waals surface area contributed by atoms with E-state index >= 15 is 0 Å². The molecule has 116 valence electrons. The second kappa shape index (κ2) is 7.27. The zero-order chi connectivity index (χ0) is 15.2. The van der Waals surface area contributed by atoms with Crippen LogP contribution in [0.5, 0.6) is 5.75 Å². The lowest BCUT2D eigenvalue weighted by atomic mass is 9.98. The normalized spacial score (nSPS) is 18.3. The summed E-state index contributed by atoms with van der Waals surface area (Å²) in [7, 11) is 1.73. The predicted octanol–water partition coefficient (Wildman–Crippen LogP) is 2.99. The fourth-order valence-electron chi connectivity index (χ4n) is 3.01. The molecule has 1 aliphatic heterocycles. The summed E-state index contributed by atoms with van der Waals surface area (Å²) in [5.74, 6) is 2.52. The standard InChI is InChI=1S/C18H23N3O/c1-22-17-6-4-5-15(13-17)16-8-11-21(14-16)12-10-20-18-7-2-3-9-19-18/h2-7,9,13,16H,8,10-12,14H2,1H3,(H,19,20). The van der Waals surface area contributed by atoms with Gasteiger partial charge in [-0.25, -0.2) is 4.98 Å². The Labute approximate surface area is 132 Å². The number of nitrogens with one attached hydrogen (secondary N) is 1. The zero-order valence-electron chi connectivity index (χ0n) is 13.0. The topological polar surface area (TPSA) is 37.4 Å². The van der Waals surface area contributed by atoms with Crippen LogP contribution in [0.1, 0.15) is 17.9 Å². The molecule has 1 aliphatic rings. The maximum Gasteiger partial charge on any atom is 0.125 e. The SMILES string of the molecule is COc1cccc(C2CCN(CCNc3ccccn3)C2)c1. The fraction of sp³-hybridized carbons (Fsp3) is 0.389. The number of ether oxygens (including phenoxy) is 1. The van der Waals surface area contributed by atoms with Crippen molar-refractivity contribution in [1.29, 1.82) is 0 Å². The van der Waals surface area contributed by atoms with E-state index in [0.717, 1.165) is 37.7 Å². The average molecular weight is 297 g/mol. The van der Waals surface area contributed by atoms with E-state index in [1.807, 2.05) is 30.5 Å². The van der Waals surface area contributed by atoms with Crippen LogP contribution in [0.2, 0.25) is 0 Å². The Morgan fingerprint density at radius 2 is 2.23 bits per heavy atom. The van der Waals surface area contributed by atoms with E-state index in [0.29, 0.717) is 5.92 Å². The minimum absolute atomic E-state index is 0.616. The van der Waals surface area contributed by atoms with Crippen molar-refractivity contribution in [2.45, 2.75) is 12.3 Å². The second-order valence-electron chi connectivity index (χ2n) is 5.70. The summed E-state index contributed by atoms with van der Waals surface area (Å²) in [6.07, 6.45) is 3.04. The molecule has 1 aromatic carbocycles. The first kappa shape index (κ1) is 14.9. The van der Waals surface area contributed by atoms with Crippen molar-refractivity contribution in [2.75, 3.05) is 38.6 Å². The van der Waals surface area contributed by atoms with Crippen molar-refractivity contribution in [2.24, 2.45) is 0 Å². The van der Waals surface area contributed by atoms with Gasteiger partial charge in [0.25, 0.3) is 0 Å². The van der Waals surface area contributed by atoms with Crippen LogP contribution in [0.15, 0.2) is 48.7 Å². The lowest BCUT2D eigenvalue weighted by Gasteiger charge is -2.17. The van der Waals surface area contributed by atoms with Gasteiger partial charge in [0.2, 0.25) is 0 Å². The van der Waals surface area contributed by atoms with Crippen LogP contribution in [0.4, 0.5) is 5.82 Å². The van der Waals surface area contributed by atoms with E-state index in [1.54, 1.807) is 7.11 Å². The molecule has 0 bridgehead atoms. The average Bonchev–Trinajstić information content (AvgIpc) is 3.05. The van der Waals surface area contributed by atoms with Crippen LogP contribution in [0, 0.1) is 0 Å². The molecule has 4 heteroatoms. The number of methoxy groups -OCH3 is 1. The summed E-state index contributed by atoms with van der Waals surface area (Å²) in [6.45, 7) is 4.27. The molecule has 22 heavy (non-hydrogen) atoms. The van der Waals surface area contributed by atoms with Crippen LogP contribution in [-0.2, 0) is 0 Å². The molecular weight excluding hydrogens is 274 g/mol. The van der Waals surface area contributed by atoms with Crippen molar-refractivity contribution in [3.05, 3.63) is 54.2 Å². The van der Waals surface area contributed by atoms with Gasteiger partial charge in [0.1, 0.15) is 11.6 Å². The molecule has 1 atom stereocenters. The van der Waals surface area contributed by atoms with Crippen molar-refractivity contribution in [1.82, 2.24) is 9.88 Å². The Hall–Kier alpha value is -2.07. The van der Waals surface area contributed by atoms with Crippen LogP contribution in [0.25, 0.3) is 0 Å². The van der Waals surface area contributed by atoms with Gasteiger partial charge in [-0.3, -0.25) is 0 Å². The smallest absolute Gasteiger partial charge is 0.125 e. The maximum absolute atomic E-state index is 5.32. The summed E-state index contributed by atoms with van der Waals surface area (Å²) in [6, 6.07) is 14.4. The quantitative estimate of drug-likeness (QED) is 0.889. The van der Waals surface area contributed by atoms with E-state index in [-0.39, 0.29) is 0 Å². The van der Waals surface area contributed by atoms with Gasteiger partial charge in [0.15, 0.2) is 0 Å². The van der Waals surface area contributed by atoms with Crippen molar-refractivity contribution in [3.8, 4) is 5.75 Å². The minimum Gasteiger partial charge on any atom is -0.497 e. The lowest BCUT2D eigenvalue weighted by Crippen LogP contribution is -2.27. The van der Waals surface area contributed by atoms with Crippen molar-refractivity contribution in [3.63, 3.8) is 0 Å². The number of anilines is 1. The molecule has 0 radical (unpaired) electrons. The number of likely N-dealkylation sites (tertiary alicyclic amines) is 1. The summed E-state index contributed by atoms with van der Waals surface area (Å²) >= 11 is 0. The van der Waals surface area contributed by atoms with Gasteiger partial charge in [0, 0.05) is 25.8 Å². The van der Waals surface area contributed by atoms with E-state index < -0.39 is 0 Å². The Bertz CT molecular complexity index is 588. The van der Waals surface area contributed by atoms with Gasteiger partial charge in [0.05, 0.1) is 7.11 Å². The highest BCUT2D eigenvalue weighted by Crippen LogP contribution is 2.29. The Morgan fingerprint density at radius 3 is 3.05 bits per heavy atom. The largest absolute Gasteiger partial charge is 0.497 e. The summed E-state index contributed by atoms with van der Waals surface area (Å²) < 4.78 is 5.32. The molecule has 2 aromatic rings. The van der Waals surface area contributed by atoms with Gasteiger partial charge >= 0.3 is 0 Å². The highest BCUT2D eigenvalue weighted by molar-refractivity contribution is 5.33. The number of aromatic nitrogens is 1. The van der Waals surface area contributed by atoms with E-state index in [9.17, 15) is 0 Å². The van der Waals surface area contributed by atoms with Gasteiger partial charge < -0.3 is 15.0 Å². The molecule has 1 aromatic heterocycles. The zero-order valence-corrected chi connectivity index (χ0v) is 13.0. The lowest BCUT2D eigenvalue weighted by molar-refractivity contribution is 0.347. The van der Waals surface area contributed by atoms with Crippen molar-refractivity contribution < 1.29 is 4.74 Å². The van der Waals surface area contributed by atoms with Gasteiger partial charge in [-0.15, -0.1) is 0 Å². The van der Waals surface area contributed by atoms with Gasteiger partial charge in [-0.05, 0) is 48.7 Å². The number of hydrogen-bond donors (Lipinski definition) is 1. The molecule has 1 saturated heterocycles. The molecule has 1 fully saturated rings. The number of nitrogens with zero attached hydrogens (tertiary/aromatic N) is 2. The van der Waals surface area contributed by atoms with Crippen LogP contribution >= 0.6 is 0 Å². The molecular formula is C18H23N3O. The molecule has 0 aliphatic carbocycles. The first-order valence-corrected chi connectivity index (χ1v) is 7.86. The molecule has 0 amide bonds. The van der Waals surface area contributed by atoms with Gasteiger partial charge in [-0.1, -0.05) is 18.2 Å². The molecule has 4 nitrogen and oxygen atoms in total. The monoisotopic (exact) mass is 297 g/mol. The predicted molar refractivity (Wildman–Crippen MR) is 89.5 cm³/mol. The van der Waals surface area contributed by atoms with Crippen LogP contribution in [0.3, 0.4) is 0 Å². The van der Waals surface area contributed by atoms with Crippen molar-refractivity contribution >= 4 is 5.82 Å². The number of rotatable bonds is 6. The van der Waals surface area contributed by atoms with Crippen LogP contribution in [-0.4, -0.2) is 43.2 Å². The first-order valence-electron chi connectivity index (χ1n) is 7.86. The number of hydrogen-bond acceptors (Lipinski definition) is 4. The summed E-state index contributed by atoms with van der Waals surface area (Å²) in [5.41, 5.74) is 1.39. The number of benzene rings is 1. The molecule has 1 unspecified atom stereocenters. The fourth-order valence-corrected chi connectivity index (χ4v) is 3.01. The summed E-state index contributed by atoms with van der Waals surface area (Å²) in [4.78, 5) is 6.79. The Kier molecular flexibility index (Phi) is 4.91. The third kappa shape index (κ3) is 3.77. The Balaban J connectivity index is 1.47. The van der Waals surface area contributed by atoms with Gasteiger partial charge in [-0.2, -0.15) is 0 Å². The van der Waals surface area contributed by atoms with Crippen LogP contribution < -0.4 is 10.1 Å². The third-order valence-corrected chi connectivity index (χ3v) is 4.24. The third-order valence-electron chi connectivity index (χ3n) is 4.24. The van der Waals surface area contributed by atoms with E-state index in [4.69, 9.17) is 4.74 Å². The maximum atomic E-state index is 5.32. The molecule has 1 N–H and O–H groups in total. The Morgan fingerprint density at radius 1 is 1.27 bits per heavy atom. The highest BCUT2D eigenvalue weighted by atomic mass is 16.5. The second-order valence-corrected chi connectivity index (χ2v) is 5.70. The summed E-state index contributed by atoms with van der Waals surface area (Å²) in [5, 5.41) is 3.37. The number of pyridine rings is 1. The molecule has 0 spiro atoms. The highest BCUT2D eigenvalue weighted by Gasteiger charge is 2.23. The minimum atomic E-state index is 0.616.